The van der Waals surface area contributed by atoms with Gasteiger partial charge in [-0.05, 0) is 55.2 Å². The fourth-order valence-electron chi connectivity index (χ4n) is 3.31. The second-order valence-electron chi connectivity index (χ2n) is 7.54. The Hall–Kier alpha value is -2.68. The van der Waals surface area contributed by atoms with E-state index in [1.165, 1.54) is 32.1 Å². The highest BCUT2D eigenvalue weighted by molar-refractivity contribution is 7.80. The van der Waals surface area contributed by atoms with Gasteiger partial charge in [-0.15, -0.1) is 0 Å². The van der Waals surface area contributed by atoms with Gasteiger partial charge in [0.05, 0.1) is 12.2 Å². The van der Waals surface area contributed by atoms with Crippen molar-refractivity contribution in [1.29, 1.82) is 0 Å². The lowest BCUT2D eigenvalue weighted by Gasteiger charge is -2.21. The Labute approximate surface area is 188 Å². The number of rotatable bonds is 9. The Morgan fingerprint density at radius 2 is 1.74 bits per heavy atom. The van der Waals surface area contributed by atoms with Crippen LogP contribution in [0.15, 0.2) is 24.3 Å². The molecule has 0 saturated heterocycles. The van der Waals surface area contributed by atoms with Gasteiger partial charge in [-0.3, -0.25) is 20.4 Å². The van der Waals surface area contributed by atoms with Crippen LogP contribution in [-0.4, -0.2) is 36.1 Å². The highest BCUT2D eigenvalue weighted by atomic mass is 32.1. The Bertz CT molecular complexity index is 748. The van der Waals surface area contributed by atoms with Gasteiger partial charge in [0.25, 0.3) is 5.91 Å². The van der Waals surface area contributed by atoms with Gasteiger partial charge in [0, 0.05) is 6.42 Å². The van der Waals surface area contributed by atoms with Crippen molar-refractivity contribution in [3.8, 4) is 5.75 Å². The predicted octanol–water partition coefficient (Wildman–Crippen LogP) is 3.01. The number of benzene rings is 1. The van der Waals surface area contributed by atoms with Crippen molar-refractivity contribution in [2.75, 3.05) is 13.2 Å². The van der Waals surface area contributed by atoms with Gasteiger partial charge in [0.15, 0.2) is 11.7 Å². The number of carbonyl (C=O) groups excluding carboxylic acids is 3. The molecule has 170 valence electrons. The normalized spacial score (nSPS) is 13.7. The van der Waals surface area contributed by atoms with Gasteiger partial charge in [-0.2, -0.15) is 0 Å². The molecule has 8 nitrogen and oxygen atoms in total. The molecular formula is C22H31N3O5S. The quantitative estimate of drug-likeness (QED) is 0.302. The van der Waals surface area contributed by atoms with E-state index < -0.39 is 11.9 Å². The number of thiocarbonyl (C=S) groups is 1. The summed E-state index contributed by atoms with van der Waals surface area (Å²) < 4.78 is 10.4. The summed E-state index contributed by atoms with van der Waals surface area (Å²) in [6.07, 6.45) is 8.21. The molecule has 3 N–H and O–H groups in total. The summed E-state index contributed by atoms with van der Waals surface area (Å²) in [5.41, 5.74) is 5.28. The molecule has 1 fully saturated rings. The van der Waals surface area contributed by atoms with Crippen LogP contribution in [0.1, 0.15) is 68.6 Å². The highest BCUT2D eigenvalue weighted by Gasteiger charge is 2.15. The van der Waals surface area contributed by atoms with Gasteiger partial charge in [0.1, 0.15) is 5.75 Å². The first kappa shape index (κ1) is 24.6. The molecule has 0 atom stereocenters. The summed E-state index contributed by atoms with van der Waals surface area (Å²) >= 11 is 5.02. The summed E-state index contributed by atoms with van der Waals surface area (Å²) in [5, 5.41) is 2.60. The first-order chi connectivity index (χ1) is 15.0. The standard InChI is InChI=1S/C22H31N3O5S/c1-2-14-29-21(28)17-9-11-18(12-10-17)30-15-20(27)24-25-22(31)23-19(26)13-8-16-6-4-3-5-7-16/h9-12,16H,2-8,13-15H2,1H3,(H,24,27)(H2,23,25,26,31). The number of ether oxygens (including phenoxy) is 2. The molecule has 1 saturated carbocycles. The van der Waals surface area contributed by atoms with Crippen molar-refractivity contribution in [1.82, 2.24) is 16.2 Å². The van der Waals surface area contributed by atoms with E-state index in [1.54, 1.807) is 24.3 Å². The zero-order valence-electron chi connectivity index (χ0n) is 17.9. The third-order valence-electron chi connectivity index (χ3n) is 4.97. The van der Waals surface area contributed by atoms with Gasteiger partial charge < -0.3 is 14.8 Å². The van der Waals surface area contributed by atoms with Gasteiger partial charge >= 0.3 is 5.97 Å². The number of hydrazine groups is 1. The van der Waals surface area contributed by atoms with Crippen LogP contribution in [0.5, 0.6) is 5.75 Å². The smallest absolute Gasteiger partial charge is 0.338 e. The largest absolute Gasteiger partial charge is 0.484 e. The van der Waals surface area contributed by atoms with Gasteiger partial charge in [-0.25, -0.2) is 4.79 Å². The van der Waals surface area contributed by atoms with Crippen LogP contribution in [0.2, 0.25) is 0 Å². The number of nitrogens with one attached hydrogen (secondary N) is 3. The van der Waals surface area contributed by atoms with Crippen molar-refractivity contribution in [3.05, 3.63) is 29.8 Å². The molecule has 0 unspecified atom stereocenters. The van der Waals surface area contributed by atoms with E-state index in [9.17, 15) is 14.4 Å². The molecule has 0 aliphatic heterocycles. The molecule has 2 amide bonds. The highest BCUT2D eigenvalue weighted by Crippen LogP contribution is 2.27. The maximum atomic E-state index is 12.0. The average Bonchev–Trinajstić information content (AvgIpc) is 2.79. The summed E-state index contributed by atoms with van der Waals surface area (Å²) in [4.78, 5) is 35.6. The predicted molar refractivity (Wildman–Crippen MR) is 120 cm³/mol. The Balaban J connectivity index is 1.60. The van der Waals surface area contributed by atoms with E-state index in [0.717, 1.165) is 12.8 Å². The van der Waals surface area contributed by atoms with E-state index in [0.29, 0.717) is 30.3 Å². The van der Waals surface area contributed by atoms with Crippen LogP contribution < -0.4 is 20.9 Å². The molecule has 0 heterocycles. The van der Waals surface area contributed by atoms with Crippen LogP contribution in [0, 0.1) is 5.92 Å². The summed E-state index contributed by atoms with van der Waals surface area (Å²) in [7, 11) is 0. The first-order valence-corrected chi connectivity index (χ1v) is 11.2. The SMILES string of the molecule is CCCOC(=O)c1ccc(OCC(=O)NNC(=S)NC(=O)CCC2CCCCC2)cc1. The van der Waals surface area contributed by atoms with Crippen molar-refractivity contribution >= 4 is 35.1 Å². The van der Waals surface area contributed by atoms with Crippen molar-refractivity contribution in [2.45, 2.75) is 58.3 Å². The second kappa shape index (κ2) is 13.6. The lowest BCUT2D eigenvalue weighted by atomic mass is 9.86. The van der Waals surface area contributed by atoms with Crippen molar-refractivity contribution < 1.29 is 23.9 Å². The minimum Gasteiger partial charge on any atom is -0.484 e. The van der Waals surface area contributed by atoms with E-state index >= 15 is 0 Å². The van der Waals surface area contributed by atoms with E-state index in [-0.39, 0.29) is 17.6 Å². The third-order valence-corrected chi connectivity index (χ3v) is 5.17. The maximum absolute atomic E-state index is 12.0. The maximum Gasteiger partial charge on any atom is 0.338 e. The lowest BCUT2D eigenvalue weighted by Crippen LogP contribution is -2.49. The molecule has 1 aromatic carbocycles. The van der Waals surface area contributed by atoms with Gasteiger partial charge in [-0.1, -0.05) is 39.0 Å². The third kappa shape index (κ3) is 9.78. The van der Waals surface area contributed by atoms with Crippen molar-refractivity contribution in [2.24, 2.45) is 5.92 Å². The second-order valence-corrected chi connectivity index (χ2v) is 7.95. The summed E-state index contributed by atoms with van der Waals surface area (Å²) in [6, 6.07) is 6.31. The Morgan fingerprint density at radius 3 is 2.42 bits per heavy atom. The topological polar surface area (TPSA) is 106 Å². The fraction of sp³-hybridized carbons (Fsp3) is 0.545. The molecule has 1 aliphatic rings. The molecule has 0 bridgehead atoms. The van der Waals surface area contributed by atoms with Crippen molar-refractivity contribution in [3.63, 3.8) is 0 Å². The molecule has 2 rings (SSSR count). The number of esters is 1. The Morgan fingerprint density at radius 1 is 1.03 bits per heavy atom. The zero-order chi connectivity index (χ0) is 22.5. The summed E-state index contributed by atoms with van der Waals surface area (Å²) in [5.74, 6) is 0.0238. The number of carbonyl (C=O) groups is 3. The van der Waals surface area contributed by atoms with E-state index in [2.05, 4.69) is 16.2 Å². The molecule has 31 heavy (non-hydrogen) atoms. The fourth-order valence-corrected chi connectivity index (χ4v) is 3.47. The van der Waals surface area contributed by atoms with Gasteiger partial charge in [0.2, 0.25) is 5.91 Å². The zero-order valence-corrected chi connectivity index (χ0v) is 18.7. The van der Waals surface area contributed by atoms with Crippen LogP contribution in [-0.2, 0) is 14.3 Å². The molecule has 0 spiro atoms. The minimum atomic E-state index is -0.467. The summed E-state index contributed by atoms with van der Waals surface area (Å²) in [6.45, 7) is 2.03. The number of amides is 2. The molecular weight excluding hydrogens is 418 g/mol. The molecule has 1 aliphatic carbocycles. The monoisotopic (exact) mass is 449 g/mol. The first-order valence-electron chi connectivity index (χ1n) is 10.8. The average molecular weight is 450 g/mol. The Kier molecular flexibility index (Phi) is 10.8. The number of hydrogen-bond donors (Lipinski definition) is 3. The molecule has 1 aromatic rings. The van der Waals surface area contributed by atoms with E-state index in [4.69, 9.17) is 21.7 Å². The molecule has 9 heteroatoms. The van der Waals surface area contributed by atoms with Crippen LogP contribution in [0.3, 0.4) is 0 Å². The molecule has 0 aromatic heterocycles. The number of hydrogen-bond acceptors (Lipinski definition) is 6. The lowest BCUT2D eigenvalue weighted by molar-refractivity contribution is -0.124. The van der Waals surface area contributed by atoms with Crippen LogP contribution in [0.4, 0.5) is 0 Å². The molecule has 0 radical (unpaired) electrons. The van der Waals surface area contributed by atoms with Crippen LogP contribution >= 0.6 is 12.2 Å². The minimum absolute atomic E-state index is 0.0388. The van der Waals surface area contributed by atoms with Crippen LogP contribution in [0.25, 0.3) is 0 Å². The van der Waals surface area contributed by atoms with E-state index in [1.807, 2.05) is 6.92 Å².